The van der Waals surface area contributed by atoms with Gasteiger partial charge < -0.3 is 14.0 Å². The Morgan fingerprint density at radius 3 is 2.52 bits per heavy atom. The topological polar surface area (TPSA) is 74.6 Å². The summed E-state index contributed by atoms with van der Waals surface area (Å²) in [5, 5.41) is 0. The second-order valence-electron chi connectivity index (χ2n) is 6.23. The van der Waals surface area contributed by atoms with Crippen LogP contribution in [0.5, 0.6) is 0 Å². The van der Waals surface area contributed by atoms with E-state index in [0.29, 0.717) is 17.1 Å². The van der Waals surface area contributed by atoms with Gasteiger partial charge in [0.2, 0.25) is 5.78 Å². The number of ketones is 1. The fraction of sp³-hybridized carbons (Fsp3) is 0.400. The van der Waals surface area contributed by atoms with Gasteiger partial charge in [-0.2, -0.15) is 0 Å². The van der Waals surface area contributed by atoms with E-state index in [1.807, 2.05) is 19.9 Å². The summed E-state index contributed by atoms with van der Waals surface area (Å²) in [7, 11) is 0.339. The van der Waals surface area contributed by atoms with Crippen molar-refractivity contribution in [2.75, 3.05) is 26.6 Å². The zero-order valence-electron chi connectivity index (χ0n) is 16.1. The number of aromatic nitrogens is 1. The lowest BCUT2D eigenvalue weighted by molar-refractivity contribution is 0.0471. The highest BCUT2D eigenvalue weighted by atomic mass is 32.2. The molecule has 1 aromatic carbocycles. The third-order valence-corrected chi connectivity index (χ3v) is 5.33. The number of nitrogens with zero attached hydrogens (tertiary/aromatic N) is 1. The molecule has 0 N–H and O–H groups in total. The number of benzene rings is 1. The van der Waals surface area contributed by atoms with E-state index in [1.165, 1.54) is 6.26 Å². The van der Waals surface area contributed by atoms with Gasteiger partial charge in [0.25, 0.3) is 0 Å². The van der Waals surface area contributed by atoms with Crippen LogP contribution in [0.3, 0.4) is 0 Å². The third-order valence-electron chi connectivity index (χ3n) is 4.36. The van der Waals surface area contributed by atoms with Crippen molar-refractivity contribution in [1.82, 2.24) is 4.57 Å². The van der Waals surface area contributed by atoms with Crippen LogP contribution in [-0.2, 0) is 26.8 Å². The largest absolute Gasteiger partial charge is 0.454 e. The van der Waals surface area contributed by atoms with Gasteiger partial charge in [0, 0.05) is 43.5 Å². The van der Waals surface area contributed by atoms with Crippen LogP contribution in [0, 0.1) is 13.8 Å². The summed E-state index contributed by atoms with van der Waals surface area (Å²) in [6.45, 7) is 4.87. The van der Waals surface area contributed by atoms with Gasteiger partial charge in [-0.1, -0.05) is 12.1 Å². The Hall–Kier alpha value is -2.25. The SMILES string of the molecule is COCCCn1c(C)cc(C(=O)COC(=O)c2ccccc2[S@@](C)=O)c1C. The fourth-order valence-electron chi connectivity index (χ4n) is 2.97. The maximum Gasteiger partial charge on any atom is 0.339 e. The molecule has 0 fully saturated rings. The average Bonchev–Trinajstić information content (AvgIpc) is 2.94. The number of hydrogen-bond acceptors (Lipinski definition) is 5. The molecule has 0 radical (unpaired) electrons. The Bertz CT molecular complexity index is 856. The van der Waals surface area contributed by atoms with E-state index in [2.05, 4.69) is 4.57 Å². The molecule has 27 heavy (non-hydrogen) atoms. The highest BCUT2D eigenvalue weighted by Gasteiger charge is 2.19. The molecule has 0 bridgehead atoms. The van der Waals surface area contributed by atoms with E-state index in [1.54, 1.807) is 31.4 Å². The van der Waals surface area contributed by atoms with Crippen molar-refractivity contribution < 1.29 is 23.3 Å². The molecule has 2 aromatic rings. The Morgan fingerprint density at radius 2 is 1.85 bits per heavy atom. The number of carbonyl (C=O) groups is 2. The summed E-state index contributed by atoms with van der Waals surface area (Å²) in [5.41, 5.74) is 2.59. The second-order valence-corrected chi connectivity index (χ2v) is 7.58. The predicted octanol–water partition coefficient (Wildman–Crippen LogP) is 2.92. The first-order valence-electron chi connectivity index (χ1n) is 8.65. The number of rotatable bonds is 9. The molecule has 0 saturated heterocycles. The number of ether oxygens (including phenoxy) is 2. The van der Waals surface area contributed by atoms with E-state index in [-0.39, 0.29) is 18.0 Å². The number of carbonyl (C=O) groups excluding carboxylic acids is 2. The minimum absolute atomic E-state index is 0.219. The van der Waals surface area contributed by atoms with E-state index in [0.717, 1.165) is 24.4 Å². The number of esters is 1. The van der Waals surface area contributed by atoms with E-state index >= 15 is 0 Å². The van der Waals surface area contributed by atoms with Crippen LogP contribution in [0.25, 0.3) is 0 Å². The average molecular weight is 391 g/mol. The quantitative estimate of drug-likeness (QED) is 0.373. The molecule has 1 atom stereocenters. The van der Waals surface area contributed by atoms with Gasteiger partial charge >= 0.3 is 5.97 Å². The summed E-state index contributed by atoms with van der Waals surface area (Å²) < 4.78 is 24.1. The number of methoxy groups -OCH3 is 1. The first-order chi connectivity index (χ1) is 12.9. The highest BCUT2D eigenvalue weighted by Crippen LogP contribution is 2.18. The van der Waals surface area contributed by atoms with Crippen molar-refractivity contribution in [3.8, 4) is 0 Å². The molecule has 0 amide bonds. The molecule has 6 nitrogen and oxygen atoms in total. The maximum atomic E-state index is 12.5. The van der Waals surface area contributed by atoms with Crippen molar-refractivity contribution in [3.63, 3.8) is 0 Å². The molecule has 0 unspecified atom stereocenters. The van der Waals surface area contributed by atoms with Crippen LogP contribution in [0.1, 0.15) is 38.5 Å². The van der Waals surface area contributed by atoms with Crippen molar-refractivity contribution in [1.29, 1.82) is 0 Å². The Labute approximate surface area is 161 Å². The molecule has 2 rings (SSSR count). The predicted molar refractivity (Wildman–Crippen MR) is 104 cm³/mol. The van der Waals surface area contributed by atoms with E-state index in [4.69, 9.17) is 9.47 Å². The van der Waals surface area contributed by atoms with Crippen molar-refractivity contribution in [3.05, 3.63) is 52.8 Å². The normalized spacial score (nSPS) is 12.0. The van der Waals surface area contributed by atoms with Gasteiger partial charge in [0.05, 0.1) is 21.3 Å². The lowest BCUT2D eigenvalue weighted by Crippen LogP contribution is -2.16. The van der Waals surface area contributed by atoms with Crippen molar-refractivity contribution >= 4 is 22.6 Å². The van der Waals surface area contributed by atoms with Crippen molar-refractivity contribution in [2.45, 2.75) is 31.7 Å². The molecule has 0 aliphatic heterocycles. The summed E-state index contributed by atoms with van der Waals surface area (Å²) in [4.78, 5) is 25.2. The second kappa shape index (κ2) is 9.62. The number of aryl methyl sites for hydroxylation is 1. The molecule has 146 valence electrons. The summed E-state index contributed by atoms with van der Waals surface area (Å²) in [6, 6.07) is 8.35. The lowest BCUT2D eigenvalue weighted by Gasteiger charge is -2.10. The Morgan fingerprint density at radius 1 is 1.15 bits per heavy atom. The molecule has 0 saturated carbocycles. The Balaban J connectivity index is 2.07. The molecule has 0 aliphatic rings. The third kappa shape index (κ3) is 5.14. The van der Waals surface area contributed by atoms with E-state index < -0.39 is 16.8 Å². The molecule has 1 heterocycles. The maximum absolute atomic E-state index is 12.5. The lowest BCUT2D eigenvalue weighted by atomic mass is 10.1. The van der Waals surface area contributed by atoms with Crippen LogP contribution in [0.15, 0.2) is 35.2 Å². The molecule has 0 spiro atoms. The van der Waals surface area contributed by atoms with Crippen LogP contribution in [0.4, 0.5) is 0 Å². The summed E-state index contributed by atoms with van der Waals surface area (Å²) in [5.74, 6) is -0.910. The van der Waals surface area contributed by atoms with Crippen LogP contribution >= 0.6 is 0 Å². The molecule has 1 aromatic heterocycles. The van der Waals surface area contributed by atoms with Gasteiger partial charge in [0.1, 0.15) is 0 Å². The summed E-state index contributed by atoms with van der Waals surface area (Å²) >= 11 is 0. The first kappa shape index (κ1) is 21.1. The van der Waals surface area contributed by atoms with Gasteiger partial charge in [-0.3, -0.25) is 9.00 Å². The number of hydrogen-bond donors (Lipinski definition) is 0. The monoisotopic (exact) mass is 391 g/mol. The zero-order chi connectivity index (χ0) is 20.0. The fourth-order valence-corrected chi connectivity index (χ4v) is 3.70. The summed E-state index contributed by atoms with van der Waals surface area (Å²) in [6.07, 6.45) is 2.34. The van der Waals surface area contributed by atoms with Crippen LogP contribution in [0.2, 0.25) is 0 Å². The van der Waals surface area contributed by atoms with Crippen molar-refractivity contribution in [2.24, 2.45) is 0 Å². The number of Topliss-reactive ketones (excluding diaryl/α,β-unsaturated/α-hetero) is 1. The minimum Gasteiger partial charge on any atom is -0.454 e. The van der Waals surface area contributed by atoms with Gasteiger partial charge in [-0.25, -0.2) is 4.79 Å². The molecular weight excluding hydrogens is 366 g/mol. The molecule has 0 aliphatic carbocycles. The molecular formula is C20H25NO5S. The Kier molecular flexibility index (Phi) is 7.50. The minimum atomic E-state index is -1.32. The van der Waals surface area contributed by atoms with Crippen LogP contribution < -0.4 is 0 Å². The van der Waals surface area contributed by atoms with Gasteiger partial charge in [-0.05, 0) is 38.5 Å². The van der Waals surface area contributed by atoms with Gasteiger partial charge in [0.15, 0.2) is 6.61 Å². The zero-order valence-corrected chi connectivity index (χ0v) is 16.9. The van der Waals surface area contributed by atoms with E-state index in [9.17, 15) is 13.8 Å². The van der Waals surface area contributed by atoms with Crippen LogP contribution in [-0.4, -0.2) is 47.1 Å². The highest BCUT2D eigenvalue weighted by molar-refractivity contribution is 7.84. The standard InChI is InChI=1S/C20H25NO5S/c1-14-12-17(15(2)21(14)10-7-11-25-3)18(22)13-26-20(23)16-8-5-6-9-19(16)27(4)24/h5-6,8-9,12H,7,10-11,13H2,1-4H3/t27-/m1/s1. The first-order valence-corrected chi connectivity index (χ1v) is 10.2. The smallest absolute Gasteiger partial charge is 0.339 e. The molecule has 7 heteroatoms. The van der Waals surface area contributed by atoms with Gasteiger partial charge in [-0.15, -0.1) is 0 Å².